The number of nitrogens with zero attached hydrogens (tertiary/aromatic N) is 3. The van der Waals surface area contributed by atoms with Gasteiger partial charge in [0.15, 0.2) is 5.82 Å². The van der Waals surface area contributed by atoms with Gasteiger partial charge in [0.05, 0.1) is 5.69 Å². The van der Waals surface area contributed by atoms with Crippen LogP contribution in [0, 0.1) is 0 Å². The van der Waals surface area contributed by atoms with E-state index >= 15 is 0 Å². The van der Waals surface area contributed by atoms with Crippen LogP contribution in [0.15, 0.2) is 30.6 Å². The van der Waals surface area contributed by atoms with E-state index in [2.05, 4.69) is 23.9 Å². The van der Waals surface area contributed by atoms with Gasteiger partial charge in [0.25, 0.3) is 0 Å². The van der Waals surface area contributed by atoms with Crippen LogP contribution in [-0.4, -0.2) is 14.8 Å². The summed E-state index contributed by atoms with van der Waals surface area (Å²) in [6.07, 6.45) is 1.53. The van der Waals surface area contributed by atoms with Crippen LogP contribution in [0.4, 0.5) is 5.69 Å². The molecule has 0 aliphatic heterocycles. The van der Waals surface area contributed by atoms with E-state index in [4.69, 9.17) is 10.5 Å². The third-order valence-corrected chi connectivity index (χ3v) is 2.41. The van der Waals surface area contributed by atoms with Gasteiger partial charge in [0.2, 0.25) is 0 Å². The highest BCUT2D eigenvalue weighted by Crippen LogP contribution is 2.20. The lowest BCUT2D eigenvalue weighted by atomic mass is 10.3. The maximum Gasteiger partial charge on any atom is 0.165 e. The van der Waals surface area contributed by atoms with Crippen LogP contribution < -0.4 is 10.5 Å². The molecule has 0 unspecified atom stereocenters. The summed E-state index contributed by atoms with van der Waals surface area (Å²) in [5.41, 5.74) is 6.42. The summed E-state index contributed by atoms with van der Waals surface area (Å²) >= 11 is 0. The lowest BCUT2D eigenvalue weighted by Gasteiger charge is -2.11. The van der Waals surface area contributed by atoms with Crippen LogP contribution >= 0.6 is 0 Å². The van der Waals surface area contributed by atoms with Crippen LogP contribution in [-0.2, 0) is 6.61 Å². The van der Waals surface area contributed by atoms with Crippen LogP contribution in [0.2, 0.25) is 0 Å². The quantitative estimate of drug-likeness (QED) is 0.819. The zero-order chi connectivity index (χ0) is 12.3. The molecule has 0 aliphatic carbocycles. The zero-order valence-corrected chi connectivity index (χ0v) is 10.00. The number of rotatable bonds is 4. The summed E-state index contributed by atoms with van der Waals surface area (Å²) in [4.78, 5) is 4.17. The predicted octanol–water partition coefficient (Wildman–Crippen LogP) is 2.02. The van der Waals surface area contributed by atoms with E-state index in [-0.39, 0.29) is 6.04 Å². The summed E-state index contributed by atoms with van der Waals surface area (Å²) in [6.45, 7) is 4.47. The van der Waals surface area contributed by atoms with E-state index in [1.54, 1.807) is 0 Å². The van der Waals surface area contributed by atoms with Crippen molar-refractivity contribution in [3.8, 4) is 5.75 Å². The first-order chi connectivity index (χ1) is 8.18. The predicted molar refractivity (Wildman–Crippen MR) is 65.6 cm³/mol. The molecule has 1 heterocycles. The van der Waals surface area contributed by atoms with Gasteiger partial charge in [0.1, 0.15) is 18.7 Å². The monoisotopic (exact) mass is 232 g/mol. The summed E-state index contributed by atoms with van der Waals surface area (Å²) in [5, 5.41) is 4.14. The maximum absolute atomic E-state index is 5.79. The first kappa shape index (κ1) is 11.4. The second-order valence-corrected chi connectivity index (χ2v) is 4.04. The van der Waals surface area contributed by atoms with Gasteiger partial charge in [-0.05, 0) is 26.0 Å². The first-order valence-corrected chi connectivity index (χ1v) is 5.54. The van der Waals surface area contributed by atoms with Crippen LogP contribution in [0.3, 0.4) is 0 Å². The molecule has 0 fully saturated rings. The van der Waals surface area contributed by atoms with Gasteiger partial charge >= 0.3 is 0 Å². The van der Waals surface area contributed by atoms with Gasteiger partial charge in [0, 0.05) is 6.04 Å². The Kier molecular flexibility index (Phi) is 3.27. The maximum atomic E-state index is 5.79. The lowest BCUT2D eigenvalue weighted by Crippen LogP contribution is -2.11. The smallest absolute Gasteiger partial charge is 0.165 e. The topological polar surface area (TPSA) is 66.0 Å². The molecule has 5 heteroatoms. The van der Waals surface area contributed by atoms with Crippen molar-refractivity contribution in [2.45, 2.75) is 26.5 Å². The van der Waals surface area contributed by atoms with E-state index in [0.717, 1.165) is 5.82 Å². The highest BCUT2D eigenvalue weighted by atomic mass is 16.5. The Morgan fingerprint density at radius 2 is 2.12 bits per heavy atom. The van der Waals surface area contributed by atoms with E-state index in [0.29, 0.717) is 18.0 Å². The number of anilines is 1. The largest absolute Gasteiger partial charge is 0.483 e. The Balaban J connectivity index is 2.08. The zero-order valence-electron chi connectivity index (χ0n) is 10.00. The third-order valence-electron chi connectivity index (χ3n) is 2.41. The molecule has 1 aromatic carbocycles. The molecule has 2 aromatic rings. The molecule has 0 atom stereocenters. The Morgan fingerprint density at radius 3 is 2.82 bits per heavy atom. The normalized spacial score (nSPS) is 10.8. The fourth-order valence-corrected chi connectivity index (χ4v) is 1.56. The highest BCUT2D eigenvalue weighted by molar-refractivity contribution is 5.51. The van der Waals surface area contributed by atoms with Crippen LogP contribution in [0.25, 0.3) is 0 Å². The fraction of sp³-hybridized carbons (Fsp3) is 0.333. The van der Waals surface area contributed by atoms with Crippen molar-refractivity contribution in [2.75, 3.05) is 5.73 Å². The first-order valence-electron chi connectivity index (χ1n) is 5.54. The Labute approximate surface area is 100 Å². The molecule has 90 valence electrons. The van der Waals surface area contributed by atoms with Crippen molar-refractivity contribution in [1.29, 1.82) is 0 Å². The van der Waals surface area contributed by atoms with Crippen LogP contribution in [0.5, 0.6) is 5.75 Å². The highest BCUT2D eigenvalue weighted by Gasteiger charge is 2.08. The van der Waals surface area contributed by atoms with E-state index in [1.165, 1.54) is 6.33 Å². The molecule has 0 amide bonds. The number of nitrogens with two attached hydrogens (primary N) is 1. The molecule has 2 N–H and O–H groups in total. The Bertz CT molecular complexity index is 493. The molecule has 1 aromatic heterocycles. The summed E-state index contributed by atoms with van der Waals surface area (Å²) in [7, 11) is 0. The Morgan fingerprint density at radius 1 is 1.35 bits per heavy atom. The minimum absolute atomic E-state index is 0.268. The van der Waals surface area contributed by atoms with E-state index in [9.17, 15) is 0 Å². The minimum atomic E-state index is 0.268. The molecule has 5 nitrogen and oxygen atoms in total. The number of aromatic nitrogens is 3. The second-order valence-electron chi connectivity index (χ2n) is 4.04. The molecule has 0 saturated heterocycles. The van der Waals surface area contributed by atoms with Crippen molar-refractivity contribution in [1.82, 2.24) is 14.8 Å². The molecular weight excluding hydrogens is 216 g/mol. The van der Waals surface area contributed by atoms with Crippen molar-refractivity contribution in [2.24, 2.45) is 0 Å². The molecule has 0 radical (unpaired) electrons. The second kappa shape index (κ2) is 4.86. The lowest BCUT2D eigenvalue weighted by molar-refractivity contribution is 0.284. The van der Waals surface area contributed by atoms with Gasteiger partial charge in [-0.3, -0.25) is 0 Å². The molecule has 2 rings (SSSR count). The van der Waals surface area contributed by atoms with Crippen LogP contribution in [0.1, 0.15) is 25.7 Å². The summed E-state index contributed by atoms with van der Waals surface area (Å²) in [5.74, 6) is 1.47. The van der Waals surface area contributed by atoms with Crippen molar-refractivity contribution in [3.05, 3.63) is 36.4 Å². The molecular formula is C12H16N4O. The van der Waals surface area contributed by atoms with Gasteiger partial charge in [-0.2, -0.15) is 5.10 Å². The molecule has 0 aliphatic rings. The summed E-state index contributed by atoms with van der Waals surface area (Å²) < 4.78 is 7.46. The number of nitrogen functional groups attached to an aromatic ring is 1. The van der Waals surface area contributed by atoms with Gasteiger partial charge in [-0.1, -0.05) is 12.1 Å². The SMILES string of the molecule is CC(C)n1ncnc1COc1ccccc1N. The standard InChI is InChI=1S/C12H16N4O/c1-9(2)16-12(14-8-15-16)7-17-11-6-4-3-5-10(11)13/h3-6,8-9H,7,13H2,1-2H3. The number of para-hydroxylation sites is 2. The van der Waals surface area contributed by atoms with Crippen molar-refractivity contribution >= 4 is 5.69 Å². The van der Waals surface area contributed by atoms with Gasteiger partial charge in [-0.15, -0.1) is 0 Å². The molecule has 0 spiro atoms. The molecule has 0 bridgehead atoms. The van der Waals surface area contributed by atoms with Gasteiger partial charge in [-0.25, -0.2) is 9.67 Å². The minimum Gasteiger partial charge on any atom is -0.483 e. The Hall–Kier alpha value is -2.04. The number of ether oxygens (including phenoxy) is 1. The van der Waals surface area contributed by atoms with Crippen molar-refractivity contribution in [3.63, 3.8) is 0 Å². The molecule has 17 heavy (non-hydrogen) atoms. The van der Waals surface area contributed by atoms with Gasteiger partial charge < -0.3 is 10.5 Å². The van der Waals surface area contributed by atoms with Crippen molar-refractivity contribution < 1.29 is 4.74 Å². The molecule has 0 saturated carbocycles. The number of hydrogen-bond donors (Lipinski definition) is 1. The fourth-order valence-electron chi connectivity index (χ4n) is 1.56. The summed E-state index contributed by atoms with van der Waals surface area (Å²) in [6, 6.07) is 7.68. The average Bonchev–Trinajstić information content (AvgIpc) is 2.76. The number of benzene rings is 1. The number of hydrogen-bond acceptors (Lipinski definition) is 4. The van der Waals surface area contributed by atoms with E-state index in [1.807, 2.05) is 28.9 Å². The average molecular weight is 232 g/mol. The van der Waals surface area contributed by atoms with E-state index < -0.39 is 0 Å². The third kappa shape index (κ3) is 2.55.